The second-order valence-corrected chi connectivity index (χ2v) is 3.49. The Hall–Kier alpha value is -2.18. The molecule has 7 heteroatoms. The third-order valence-corrected chi connectivity index (χ3v) is 2.32. The number of carbonyl (C=O) groups is 1. The summed E-state index contributed by atoms with van der Waals surface area (Å²) in [6.45, 7) is 1.86. The molecule has 0 N–H and O–H groups in total. The van der Waals surface area contributed by atoms with E-state index in [1.54, 1.807) is 14.0 Å². The van der Waals surface area contributed by atoms with Crippen LogP contribution in [0.1, 0.15) is 6.92 Å². The maximum absolute atomic E-state index is 11.9. The van der Waals surface area contributed by atoms with Crippen LogP contribution in [0.25, 0.3) is 11.0 Å². The Morgan fingerprint density at radius 1 is 1.53 bits per heavy atom. The third kappa shape index (κ3) is 2.03. The zero-order chi connectivity index (χ0) is 12.4. The minimum absolute atomic E-state index is 0.134. The van der Waals surface area contributed by atoms with Gasteiger partial charge in [-0.3, -0.25) is 18.8 Å². The van der Waals surface area contributed by atoms with Gasteiger partial charge in [-0.15, -0.1) is 0 Å². The summed E-state index contributed by atoms with van der Waals surface area (Å²) in [5, 5.41) is 4.33. The van der Waals surface area contributed by atoms with Crippen LogP contribution < -0.4 is 5.56 Å². The average molecular weight is 236 g/mol. The molecular weight excluding hydrogens is 224 g/mol. The molecule has 0 saturated heterocycles. The molecule has 0 radical (unpaired) electrons. The Bertz CT molecular complexity index is 614. The Labute approximate surface area is 96.6 Å². The predicted octanol–water partition coefficient (Wildman–Crippen LogP) is -0.307. The lowest BCUT2D eigenvalue weighted by Gasteiger charge is -2.04. The first-order chi connectivity index (χ1) is 8.13. The Balaban J connectivity index is 2.40. The van der Waals surface area contributed by atoms with E-state index in [0.29, 0.717) is 11.0 Å². The minimum Gasteiger partial charge on any atom is -0.465 e. The largest absolute Gasteiger partial charge is 0.465 e. The molecule has 0 aromatic carbocycles. The van der Waals surface area contributed by atoms with Crippen molar-refractivity contribution in [2.45, 2.75) is 13.5 Å². The van der Waals surface area contributed by atoms with Crippen LogP contribution in [0.3, 0.4) is 0 Å². The molecular formula is C10H12N4O3. The van der Waals surface area contributed by atoms with Gasteiger partial charge < -0.3 is 4.74 Å². The highest BCUT2D eigenvalue weighted by Gasteiger charge is 2.10. The van der Waals surface area contributed by atoms with Gasteiger partial charge in [-0.1, -0.05) is 0 Å². The Morgan fingerprint density at radius 2 is 2.29 bits per heavy atom. The molecule has 0 aliphatic rings. The van der Waals surface area contributed by atoms with Crippen LogP contribution in [0.2, 0.25) is 0 Å². The molecule has 2 aromatic heterocycles. The van der Waals surface area contributed by atoms with Crippen molar-refractivity contribution in [1.29, 1.82) is 0 Å². The van der Waals surface area contributed by atoms with Crippen molar-refractivity contribution in [2.24, 2.45) is 7.05 Å². The monoisotopic (exact) mass is 236 g/mol. The molecule has 2 heterocycles. The Morgan fingerprint density at radius 3 is 3.00 bits per heavy atom. The molecule has 90 valence electrons. The lowest BCUT2D eigenvalue weighted by molar-refractivity contribution is -0.143. The lowest BCUT2D eigenvalue weighted by atomic mass is 10.4. The highest BCUT2D eigenvalue weighted by Crippen LogP contribution is 2.02. The molecule has 2 aromatic rings. The van der Waals surface area contributed by atoms with Crippen LogP contribution >= 0.6 is 0 Å². The smallest absolute Gasteiger partial charge is 0.326 e. The maximum Gasteiger partial charge on any atom is 0.326 e. The zero-order valence-corrected chi connectivity index (χ0v) is 9.58. The molecule has 0 aliphatic heterocycles. The van der Waals surface area contributed by atoms with Gasteiger partial charge in [0.05, 0.1) is 12.8 Å². The van der Waals surface area contributed by atoms with Crippen molar-refractivity contribution in [3.8, 4) is 0 Å². The van der Waals surface area contributed by atoms with Crippen molar-refractivity contribution >= 4 is 17.0 Å². The summed E-state index contributed by atoms with van der Waals surface area (Å²) in [5.41, 5.74) is 0.200. The summed E-state index contributed by atoms with van der Waals surface area (Å²) in [7, 11) is 1.70. The van der Waals surface area contributed by atoms with Gasteiger partial charge in [0.15, 0.2) is 5.65 Å². The van der Waals surface area contributed by atoms with Crippen molar-refractivity contribution < 1.29 is 9.53 Å². The quantitative estimate of drug-likeness (QED) is 0.683. The second-order valence-electron chi connectivity index (χ2n) is 3.49. The fourth-order valence-electron chi connectivity index (χ4n) is 1.52. The molecule has 7 nitrogen and oxygen atoms in total. The number of fused-ring (bicyclic) bond motifs is 1. The summed E-state index contributed by atoms with van der Waals surface area (Å²) in [5.74, 6) is -0.459. The number of hydrogen-bond acceptors (Lipinski definition) is 5. The lowest BCUT2D eigenvalue weighted by Crippen LogP contribution is -2.25. The van der Waals surface area contributed by atoms with E-state index >= 15 is 0 Å². The van der Waals surface area contributed by atoms with Crippen LogP contribution in [0.5, 0.6) is 0 Å². The SMILES string of the molecule is CCOC(=O)Cn1cnc2c(cnn2C)c1=O. The molecule has 0 unspecified atom stereocenters. The highest BCUT2D eigenvalue weighted by molar-refractivity contribution is 5.74. The van der Waals surface area contributed by atoms with Crippen LogP contribution in [0.15, 0.2) is 17.3 Å². The maximum atomic E-state index is 11.9. The number of ether oxygens (including phenoxy) is 1. The normalized spacial score (nSPS) is 10.7. The van der Waals surface area contributed by atoms with E-state index in [2.05, 4.69) is 10.1 Å². The molecule has 0 aliphatic carbocycles. The first-order valence-corrected chi connectivity index (χ1v) is 5.16. The minimum atomic E-state index is -0.459. The van der Waals surface area contributed by atoms with E-state index in [1.807, 2.05) is 0 Å². The summed E-state index contributed by atoms with van der Waals surface area (Å²) >= 11 is 0. The van der Waals surface area contributed by atoms with Crippen LogP contribution in [0.4, 0.5) is 0 Å². The molecule has 2 rings (SSSR count). The summed E-state index contributed by atoms with van der Waals surface area (Å²) in [6, 6.07) is 0. The molecule has 0 fully saturated rings. The molecule has 0 bridgehead atoms. The number of rotatable bonds is 3. The van der Waals surface area contributed by atoms with E-state index in [0.717, 1.165) is 0 Å². The number of aryl methyl sites for hydroxylation is 1. The number of nitrogens with zero attached hydrogens (tertiary/aromatic N) is 4. The van der Waals surface area contributed by atoms with Crippen LogP contribution in [0, 0.1) is 0 Å². The second kappa shape index (κ2) is 4.36. The van der Waals surface area contributed by atoms with Crippen LogP contribution in [-0.2, 0) is 23.1 Å². The molecule has 17 heavy (non-hydrogen) atoms. The fraction of sp³-hybridized carbons (Fsp3) is 0.400. The van der Waals surface area contributed by atoms with E-state index in [1.165, 1.54) is 21.8 Å². The summed E-state index contributed by atoms with van der Waals surface area (Å²) in [6.07, 6.45) is 2.76. The standard InChI is InChI=1S/C10H12N4O3/c1-3-17-8(15)5-14-6-11-9-7(10(14)16)4-12-13(9)2/h4,6H,3,5H2,1-2H3. The number of carbonyl (C=O) groups excluding carboxylic acids is 1. The van der Waals surface area contributed by atoms with Gasteiger partial charge >= 0.3 is 5.97 Å². The van der Waals surface area contributed by atoms with Gasteiger partial charge in [0.25, 0.3) is 5.56 Å². The van der Waals surface area contributed by atoms with E-state index in [-0.39, 0.29) is 18.7 Å². The van der Waals surface area contributed by atoms with E-state index in [4.69, 9.17) is 4.74 Å². The van der Waals surface area contributed by atoms with Crippen molar-refractivity contribution in [3.63, 3.8) is 0 Å². The predicted molar refractivity (Wildman–Crippen MR) is 59.4 cm³/mol. The van der Waals surface area contributed by atoms with E-state index < -0.39 is 5.97 Å². The number of esters is 1. The first-order valence-electron chi connectivity index (χ1n) is 5.16. The average Bonchev–Trinajstić information content (AvgIpc) is 2.66. The Kier molecular flexibility index (Phi) is 2.90. The van der Waals surface area contributed by atoms with Crippen molar-refractivity contribution in [2.75, 3.05) is 6.61 Å². The molecule has 0 spiro atoms. The topological polar surface area (TPSA) is 79.0 Å². The number of aromatic nitrogens is 4. The zero-order valence-electron chi connectivity index (χ0n) is 9.58. The van der Waals surface area contributed by atoms with Gasteiger partial charge in [-0.05, 0) is 6.92 Å². The molecule has 0 amide bonds. The fourth-order valence-corrected chi connectivity index (χ4v) is 1.52. The number of hydrogen-bond donors (Lipinski definition) is 0. The highest BCUT2D eigenvalue weighted by atomic mass is 16.5. The van der Waals surface area contributed by atoms with Gasteiger partial charge in [-0.25, -0.2) is 4.98 Å². The first kappa shape index (κ1) is 11.3. The summed E-state index contributed by atoms with van der Waals surface area (Å²) in [4.78, 5) is 27.3. The van der Waals surface area contributed by atoms with Crippen LogP contribution in [-0.4, -0.2) is 31.9 Å². The van der Waals surface area contributed by atoms with Gasteiger partial charge in [0.1, 0.15) is 18.3 Å². The van der Waals surface area contributed by atoms with E-state index in [9.17, 15) is 9.59 Å². The van der Waals surface area contributed by atoms with Crippen molar-refractivity contribution in [3.05, 3.63) is 22.9 Å². The summed E-state index contributed by atoms with van der Waals surface area (Å²) < 4.78 is 7.49. The molecule has 0 atom stereocenters. The molecule has 0 saturated carbocycles. The van der Waals surface area contributed by atoms with Gasteiger partial charge in [0, 0.05) is 7.05 Å². The van der Waals surface area contributed by atoms with Gasteiger partial charge in [0.2, 0.25) is 0 Å². The van der Waals surface area contributed by atoms with Crippen molar-refractivity contribution in [1.82, 2.24) is 19.3 Å². The van der Waals surface area contributed by atoms with Gasteiger partial charge in [-0.2, -0.15) is 5.10 Å². The third-order valence-electron chi connectivity index (χ3n) is 2.32.